The van der Waals surface area contributed by atoms with Crippen LogP contribution in [0.25, 0.3) is 6.08 Å². The number of carbonyl (C=O) groups is 1. The number of nitrogens with one attached hydrogen (secondary N) is 1. The van der Waals surface area contributed by atoms with Gasteiger partial charge in [-0.15, -0.1) is 0 Å². The summed E-state index contributed by atoms with van der Waals surface area (Å²) in [6.07, 6.45) is 3.00. The summed E-state index contributed by atoms with van der Waals surface area (Å²) in [6, 6.07) is 9.81. The Labute approximate surface area is 148 Å². The Bertz CT molecular complexity index is 865. The molecule has 1 amide bonds. The lowest BCUT2D eigenvalue weighted by Crippen LogP contribution is -2.25. The Morgan fingerprint density at radius 2 is 1.80 bits per heavy atom. The molecule has 1 heterocycles. The van der Waals surface area contributed by atoms with E-state index in [1.807, 2.05) is 19.9 Å². The van der Waals surface area contributed by atoms with E-state index in [9.17, 15) is 13.2 Å². The molecule has 6 nitrogen and oxygen atoms in total. The monoisotopic (exact) mass is 362 g/mol. The van der Waals surface area contributed by atoms with Gasteiger partial charge in [-0.1, -0.05) is 12.1 Å². The molecular weight excluding hydrogens is 340 g/mol. The Balaban J connectivity index is 2.02. The zero-order valence-electron chi connectivity index (χ0n) is 14.7. The maximum atomic E-state index is 12.1. The fourth-order valence-electron chi connectivity index (χ4n) is 2.18. The third-order valence-corrected chi connectivity index (χ3v) is 5.51. The van der Waals surface area contributed by atoms with Crippen molar-refractivity contribution in [2.45, 2.75) is 24.8 Å². The molecular formula is C18H22N2O4S. The van der Waals surface area contributed by atoms with Crippen molar-refractivity contribution in [3.05, 3.63) is 59.6 Å². The van der Waals surface area contributed by atoms with Gasteiger partial charge in [0.1, 0.15) is 11.5 Å². The van der Waals surface area contributed by atoms with E-state index in [4.69, 9.17) is 4.42 Å². The van der Waals surface area contributed by atoms with Crippen molar-refractivity contribution in [1.82, 2.24) is 9.62 Å². The average molecular weight is 362 g/mol. The zero-order chi connectivity index (χ0) is 18.6. The van der Waals surface area contributed by atoms with Crippen molar-refractivity contribution in [2.24, 2.45) is 0 Å². The topological polar surface area (TPSA) is 79.6 Å². The van der Waals surface area contributed by atoms with Gasteiger partial charge in [0.25, 0.3) is 0 Å². The maximum absolute atomic E-state index is 12.1. The number of hydrogen-bond donors (Lipinski definition) is 1. The van der Waals surface area contributed by atoms with Crippen LogP contribution in [0.2, 0.25) is 0 Å². The smallest absolute Gasteiger partial charge is 0.244 e. The van der Waals surface area contributed by atoms with E-state index in [0.29, 0.717) is 5.76 Å². The van der Waals surface area contributed by atoms with Crippen molar-refractivity contribution in [3.63, 3.8) is 0 Å². The first-order valence-electron chi connectivity index (χ1n) is 7.77. The molecule has 2 rings (SSSR count). The van der Waals surface area contributed by atoms with E-state index in [0.717, 1.165) is 15.6 Å². The van der Waals surface area contributed by atoms with E-state index in [1.165, 1.54) is 32.3 Å². The van der Waals surface area contributed by atoms with E-state index >= 15 is 0 Å². The van der Waals surface area contributed by atoms with Gasteiger partial charge in [-0.25, -0.2) is 12.7 Å². The molecule has 7 heteroatoms. The molecule has 0 saturated heterocycles. The molecule has 1 unspecified atom stereocenters. The minimum absolute atomic E-state index is 0.216. The normalized spacial score (nSPS) is 13.3. The number of sulfonamides is 1. The number of carbonyl (C=O) groups excluding carboxylic acids is 1. The largest absolute Gasteiger partial charge is 0.462 e. The number of nitrogens with zero attached hydrogens (tertiary/aromatic N) is 1. The molecule has 0 saturated carbocycles. The molecule has 0 aliphatic heterocycles. The van der Waals surface area contributed by atoms with E-state index in [-0.39, 0.29) is 16.8 Å². The summed E-state index contributed by atoms with van der Waals surface area (Å²) in [6.45, 7) is 3.66. The van der Waals surface area contributed by atoms with Crippen LogP contribution in [0.15, 0.2) is 51.8 Å². The quantitative estimate of drug-likeness (QED) is 0.802. The Morgan fingerprint density at radius 1 is 1.16 bits per heavy atom. The molecule has 25 heavy (non-hydrogen) atoms. The standard InChI is InChI=1S/C18H22N2O4S/c1-13-5-8-16(24-13)9-12-18(21)19-14(2)15-6-10-17(11-7-15)25(22,23)20(3)4/h5-12,14H,1-4H3,(H,19,21)/b12-9+. The molecule has 134 valence electrons. The second kappa shape index (κ2) is 7.67. The van der Waals surface area contributed by atoms with Crippen molar-refractivity contribution in [2.75, 3.05) is 14.1 Å². The predicted octanol–water partition coefficient (Wildman–Crippen LogP) is 2.73. The fraction of sp³-hybridized carbons (Fsp3) is 0.278. The third-order valence-electron chi connectivity index (χ3n) is 3.68. The molecule has 0 radical (unpaired) electrons. The molecule has 0 bridgehead atoms. The molecule has 1 aromatic carbocycles. The van der Waals surface area contributed by atoms with Crippen LogP contribution in [0, 0.1) is 6.92 Å². The third kappa shape index (κ3) is 4.80. The van der Waals surface area contributed by atoms with Crippen molar-refractivity contribution in [3.8, 4) is 0 Å². The molecule has 0 fully saturated rings. The summed E-state index contributed by atoms with van der Waals surface area (Å²) >= 11 is 0. The Morgan fingerprint density at radius 3 is 2.32 bits per heavy atom. The van der Waals surface area contributed by atoms with Crippen LogP contribution in [0.5, 0.6) is 0 Å². The van der Waals surface area contributed by atoms with E-state index in [2.05, 4.69) is 5.32 Å². The summed E-state index contributed by atoms with van der Waals surface area (Å²) < 4.78 is 30.6. The van der Waals surface area contributed by atoms with Gasteiger partial charge in [-0.05, 0) is 49.8 Å². The minimum atomic E-state index is -3.46. The van der Waals surface area contributed by atoms with Crippen LogP contribution < -0.4 is 5.32 Å². The van der Waals surface area contributed by atoms with Gasteiger partial charge < -0.3 is 9.73 Å². The molecule has 0 spiro atoms. The van der Waals surface area contributed by atoms with Crippen LogP contribution in [-0.4, -0.2) is 32.7 Å². The van der Waals surface area contributed by atoms with Gasteiger partial charge in [0.2, 0.25) is 15.9 Å². The number of benzene rings is 1. The summed E-state index contributed by atoms with van der Waals surface area (Å²) in [5, 5.41) is 2.83. The lowest BCUT2D eigenvalue weighted by Gasteiger charge is -2.15. The van der Waals surface area contributed by atoms with Gasteiger partial charge in [0.05, 0.1) is 10.9 Å². The van der Waals surface area contributed by atoms with Gasteiger partial charge in [0.15, 0.2) is 0 Å². The highest BCUT2D eigenvalue weighted by atomic mass is 32.2. The van der Waals surface area contributed by atoms with Crippen molar-refractivity contribution >= 4 is 22.0 Å². The Hall–Kier alpha value is -2.38. The molecule has 2 aromatic rings. The second-order valence-corrected chi connectivity index (χ2v) is 8.02. The number of amides is 1. The zero-order valence-corrected chi connectivity index (χ0v) is 15.5. The highest BCUT2D eigenvalue weighted by molar-refractivity contribution is 7.89. The lowest BCUT2D eigenvalue weighted by molar-refractivity contribution is -0.117. The highest BCUT2D eigenvalue weighted by Crippen LogP contribution is 2.18. The molecule has 1 aromatic heterocycles. The number of hydrogen-bond acceptors (Lipinski definition) is 4. The van der Waals surface area contributed by atoms with Crippen LogP contribution >= 0.6 is 0 Å². The molecule has 1 atom stereocenters. The first-order valence-corrected chi connectivity index (χ1v) is 9.21. The number of furan rings is 1. The minimum Gasteiger partial charge on any atom is -0.462 e. The molecule has 0 aliphatic rings. The van der Waals surface area contributed by atoms with Crippen LogP contribution in [0.4, 0.5) is 0 Å². The lowest BCUT2D eigenvalue weighted by atomic mass is 10.1. The number of aryl methyl sites for hydroxylation is 1. The van der Waals surface area contributed by atoms with Gasteiger partial charge in [0, 0.05) is 20.2 Å². The van der Waals surface area contributed by atoms with Crippen molar-refractivity contribution in [1.29, 1.82) is 0 Å². The first-order chi connectivity index (χ1) is 11.7. The predicted molar refractivity (Wildman–Crippen MR) is 96.4 cm³/mol. The molecule has 1 N–H and O–H groups in total. The fourth-order valence-corrected chi connectivity index (χ4v) is 3.09. The average Bonchev–Trinajstić information content (AvgIpc) is 2.98. The highest BCUT2D eigenvalue weighted by Gasteiger charge is 2.17. The van der Waals surface area contributed by atoms with Crippen LogP contribution in [-0.2, 0) is 14.8 Å². The summed E-state index contributed by atoms with van der Waals surface area (Å²) in [7, 11) is -0.485. The summed E-state index contributed by atoms with van der Waals surface area (Å²) in [5.74, 6) is 1.13. The van der Waals surface area contributed by atoms with Crippen molar-refractivity contribution < 1.29 is 17.6 Å². The van der Waals surface area contributed by atoms with Gasteiger partial charge in [-0.2, -0.15) is 0 Å². The maximum Gasteiger partial charge on any atom is 0.244 e. The Kier molecular flexibility index (Phi) is 5.81. The van der Waals surface area contributed by atoms with Crippen LogP contribution in [0.1, 0.15) is 30.0 Å². The first kappa shape index (κ1) is 19.0. The van der Waals surface area contributed by atoms with Gasteiger partial charge in [-0.3, -0.25) is 4.79 Å². The second-order valence-electron chi connectivity index (χ2n) is 5.87. The number of rotatable bonds is 6. The summed E-state index contributed by atoms with van der Waals surface area (Å²) in [5.41, 5.74) is 0.813. The van der Waals surface area contributed by atoms with Gasteiger partial charge >= 0.3 is 0 Å². The van der Waals surface area contributed by atoms with E-state index < -0.39 is 10.0 Å². The molecule has 0 aliphatic carbocycles. The van der Waals surface area contributed by atoms with Crippen LogP contribution in [0.3, 0.4) is 0 Å². The SMILES string of the molecule is Cc1ccc(/C=C/C(=O)NC(C)c2ccc(S(=O)(=O)N(C)C)cc2)o1. The van der Waals surface area contributed by atoms with E-state index in [1.54, 1.807) is 24.3 Å². The summed E-state index contributed by atoms with van der Waals surface area (Å²) in [4.78, 5) is 12.2.